The summed E-state index contributed by atoms with van der Waals surface area (Å²) in [6.07, 6.45) is 7.36. The molecule has 1 aromatic rings. The summed E-state index contributed by atoms with van der Waals surface area (Å²) < 4.78 is 0. The predicted octanol–water partition coefficient (Wildman–Crippen LogP) is 4.19. The first kappa shape index (κ1) is 21.5. The second-order valence-corrected chi connectivity index (χ2v) is 7.75. The predicted molar refractivity (Wildman–Crippen MR) is 110 cm³/mol. The van der Waals surface area contributed by atoms with Crippen molar-refractivity contribution in [1.82, 2.24) is 10.2 Å². The molecule has 1 N–H and O–H groups in total. The van der Waals surface area contributed by atoms with Crippen molar-refractivity contribution < 1.29 is 9.59 Å². The summed E-state index contributed by atoms with van der Waals surface area (Å²) in [5.74, 6) is 0.676. The van der Waals surface area contributed by atoms with Crippen LogP contribution in [0.3, 0.4) is 0 Å². The Morgan fingerprint density at radius 1 is 0.963 bits per heavy atom. The highest BCUT2D eigenvalue weighted by atomic mass is 16.2. The first-order valence-electron chi connectivity index (χ1n) is 10.8. The Morgan fingerprint density at radius 3 is 2.15 bits per heavy atom. The third-order valence-electron chi connectivity index (χ3n) is 5.53. The van der Waals surface area contributed by atoms with Gasteiger partial charge < -0.3 is 10.2 Å². The van der Waals surface area contributed by atoms with Gasteiger partial charge in [0.25, 0.3) is 0 Å². The van der Waals surface area contributed by atoms with Gasteiger partial charge in [0.1, 0.15) is 0 Å². The van der Waals surface area contributed by atoms with Crippen molar-refractivity contribution in [3.8, 4) is 0 Å². The second kappa shape index (κ2) is 11.8. The van der Waals surface area contributed by atoms with E-state index in [2.05, 4.69) is 43.4 Å². The van der Waals surface area contributed by atoms with E-state index >= 15 is 0 Å². The molecule has 4 heteroatoms. The molecule has 0 bridgehead atoms. The lowest BCUT2D eigenvalue weighted by molar-refractivity contribution is -0.138. The van der Waals surface area contributed by atoms with Gasteiger partial charge in [0.15, 0.2) is 0 Å². The van der Waals surface area contributed by atoms with Crippen molar-refractivity contribution in [1.29, 1.82) is 0 Å². The highest BCUT2D eigenvalue weighted by Gasteiger charge is 2.31. The number of carbonyl (C=O) groups is 2. The molecule has 0 unspecified atom stereocenters. The van der Waals surface area contributed by atoms with Crippen LogP contribution in [0.15, 0.2) is 30.3 Å². The molecule has 2 rings (SSSR count). The monoisotopic (exact) mass is 372 g/mol. The highest BCUT2D eigenvalue weighted by molar-refractivity contribution is 5.81. The van der Waals surface area contributed by atoms with Crippen LogP contribution in [-0.2, 0) is 16.0 Å². The molecule has 0 aromatic heterocycles. The summed E-state index contributed by atoms with van der Waals surface area (Å²) in [7, 11) is 0. The molecular weight excluding hydrogens is 336 g/mol. The number of carbonyl (C=O) groups excluding carboxylic acids is 2. The number of nitrogens with zero attached hydrogens (tertiary/aromatic N) is 1. The van der Waals surface area contributed by atoms with Crippen molar-refractivity contribution >= 4 is 11.8 Å². The van der Waals surface area contributed by atoms with E-state index in [0.717, 1.165) is 71.0 Å². The number of nitrogens with one attached hydrogen (secondary N) is 1. The van der Waals surface area contributed by atoms with Gasteiger partial charge in [0.05, 0.1) is 0 Å². The molecular formula is C23H36N2O2. The molecule has 0 aliphatic heterocycles. The molecule has 2 amide bonds. The summed E-state index contributed by atoms with van der Waals surface area (Å²) in [4.78, 5) is 27.2. The summed E-state index contributed by atoms with van der Waals surface area (Å²) >= 11 is 0. The average molecular weight is 373 g/mol. The topological polar surface area (TPSA) is 49.4 Å². The van der Waals surface area contributed by atoms with Crippen LogP contribution in [-0.4, -0.2) is 36.3 Å². The van der Waals surface area contributed by atoms with Crippen LogP contribution in [0.1, 0.15) is 64.4 Å². The van der Waals surface area contributed by atoms with Crippen LogP contribution in [0.5, 0.6) is 0 Å². The van der Waals surface area contributed by atoms with Crippen molar-refractivity contribution in [2.75, 3.05) is 19.6 Å². The van der Waals surface area contributed by atoms with E-state index in [1.165, 1.54) is 5.56 Å². The highest BCUT2D eigenvalue weighted by Crippen LogP contribution is 2.30. The van der Waals surface area contributed by atoms with Gasteiger partial charge in [-0.3, -0.25) is 9.59 Å². The first-order chi connectivity index (χ1) is 13.2. The van der Waals surface area contributed by atoms with Gasteiger partial charge >= 0.3 is 0 Å². The Morgan fingerprint density at radius 2 is 1.56 bits per heavy atom. The number of amides is 2. The van der Waals surface area contributed by atoms with Crippen LogP contribution in [0.25, 0.3) is 0 Å². The minimum Gasteiger partial charge on any atom is -0.356 e. The van der Waals surface area contributed by atoms with Gasteiger partial charge in [0.2, 0.25) is 11.8 Å². The molecule has 1 aliphatic rings. The molecule has 1 fully saturated rings. The number of rotatable bonds is 10. The van der Waals surface area contributed by atoms with E-state index in [1.54, 1.807) is 0 Å². The molecule has 0 spiro atoms. The van der Waals surface area contributed by atoms with Crippen molar-refractivity contribution in [3.05, 3.63) is 35.9 Å². The molecule has 150 valence electrons. The van der Waals surface area contributed by atoms with Crippen LogP contribution in [0, 0.1) is 11.8 Å². The van der Waals surface area contributed by atoms with E-state index in [1.807, 2.05) is 11.0 Å². The maximum Gasteiger partial charge on any atom is 0.225 e. The maximum atomic E-state index is 12.7. The Hall–Kier alpha value is -1.84. The first-order valence-corrected chi connectivity index (χ1v) is 10.8. The van der Waals surface area contributed by atoms with Gasteiger partial charge in [-0.2, -0.15) is 0 Å². The van der Waals surface area contributed by atoms with Gasteiger partial charge in [0, 0.05) is 31.5 Å². The number of hydrogen-bond donors (Lipinski definition) is 1. The molecule has 0 saturated heterocycles. The minimum absolute atomic E-state index is 0.0802. The lowest BCUT2D eigenvalue weighted by atomic mass is 9.81. The fourth-order valence-electron chi connectivity index (χ4n) is 4.03. The Bertz CT molecular complexity index is 559. The van der Waals surface area contributed by atoms with Gasteiger partial charge in [-0.1, -0.05) is 44.2 Å². The summed E-state index contributed by atoms with van der Waals surface area (Å²) in [5.41, 5.74) is 1.31. The zero-order chi connectivity index (χ0) is 19.5. The lowest BCUT2D eigenvalue weighted by Gasteiger charge is -2.31. The zero-order valence-corrected chi connectivity index (χ0v) is 17.1. The molecule has 1 saturated carbocycles. The lowest BCUT2D eigenvalue weighted by Crippen LogP contribution is -2.40. The quantitative estimate of drug-likeness (QED) is 0.626. The largest absolute Gasteiger partial charge is 0.356 e. The SMILES string of the molecule is CCCN(CCC)C(=O)C1CCC(C(=O)NCCCc2ccccc2)CC1. The molecule has 4 nitrogen and oxygen atoms in total. The molecule has 1 aromatic carbocycles. The van der Waals surface area contributed by atoms with Crippen molar-refractivity contribution in [3.63, 3.8) is 0 Å². The van der Waals surface area contributed by atoms with E-state index in [0.29, 0.717) is 5.91 Å². The number of benzene rings is 1. The summed E-state index contributed by atoms with van der Waals surface area (Å²) in [5, 5.41) is 3.10. The third-order valence-corrected chi connectivity index (χ3v) is 5.53. The normalized spacial score (nSPS) is 19.5. The molecule has 0 heterocycles. The second-order valence-electron chi connectivity index (χ2n) is 7.75. The van der Waals surface area contributed by atoms with Crippen molar-refractivity contribution in [2.24, 2.45) is 11.8 Å². The van der Waals surface area contributed by atoms with Gasteiger partial charge in [-0.25, -0.2) is 0 Å². The van der Waals surface area contributed by atoms with Crippen LogP contribution < -0.4 is 5.32 Å². The fraction of sp³-hybridized carbons (Fsp3) is 0.652. The van der Waals surface area contributed by atoms with Crippen molar-refractivity contribution in [2.45, 2.75) is 65.2 Å². The van der Waals surface area contributed by atoms with E-state index in [9.17, 15) is 9.59 Å². The number of hydrogen-bond acceptors (Lipinski definition) is 2. The number of aryl methyl sites for hydroxylation is 1. The van der Waals surface area contributed by atoms with Crippen LogP contribution in [0.4, 0.5) is 0 Å². The zero-order valence-electron chi connectivity index (χ0n) is 17.1. The van der Waals surface area contributed by atoms with Crippen LogP contribution in [0.2, 0.25) is 0 Å². The Balaban J connectivity index is 1.68. The summed E-state index contributed by atoms with van der Waals surface area (Å²) in [6.45, 7) is 6.68. The fourth-order valence-corrected chi connectivity index (χ4v) is 4.03. The van der Waals surface area contributed by atoms with E-state index in [-0.39, 0.29) is 17.7 Å². The molecule has 0 radical (unpaired) electrons. The third kappa shape index (κ3) is 7.00. The minimum atomic E-state index is 0.0802. The molecule has 27 heavy (non-hydrogen) atoms. The standard InChI is InChI=1S/C23H36N2O2/c1-3-17-25(18-4-2)23(27)21-14-12-20(13-15-21)22(26)24-16-8-11-19-9-6-5-7-10-19/h5-7,9-10,20-21H,3-4,8,11-18H2,1-2H3,(H,24,26). The van der Waals surface area contributed by atoms with Gasteiger partial charge in [-0.15, -0.1) is 0 Å². The van der Waals surface area contributed by atoms with E-state index < -0.39 is 0 Å². The maximum absolute atomic E-state index is 12.7. The molecule has 0 atom stereocenters. The van der Waals surface area contributed by atoms with Crippen LogP contribution >= 0.6 is 0 Å². The van der Waals surface area contributed by atoms with E-state index in [4.69, 9.17) is 0 Å². The van der Waals surface area contributed by atoms with Gasteiger partial charge in [-0.05, 0) is 56.9 Å². The smallest absolute Gasteiger partial charge is 0.225 e. The average Bonchev–Trinajstić information content (AvgIpc) is 2.71. The molecule has 1 aliphatic carbocycles. The summed E-state index contributed by atoms with van der Waals surface area (Å²) in [6, 6.07) is 10.4. The Kier molecular flexibility index (Phi) is 9.37. The Labute approximate surface area is 164 Å².